The van der Waals surface area contributed by atoms with E-state index in [4.69, 9.17) is 11.6 Å². The van der Waals surface area contributed by atoms with Gasteiger partial charge in [-0.2, -0.15) is 0 Å². The molecule has 0 radical (unpaired) electrons. The molecule has 2 heteroatoms. The van der Waals surface area contributed by atoms with Gasteiger partial charge in [0.25, 0.3) is 0 Å². The molecule has 2 aromatic carbocycles. The Morgan fingerprint density at radius 2 is 1.68 bits per heavy atom. The lowest BCUT2D eigenvalue weighted by Gasteiger charge is -2.35. The molecule has 0 aromatic heterocycles. The Hall–Kier alpha value is -1.86. The molecule has 0 saturated heterocycles. The van der Waals surface area contributed by atoms with Gasteiger partial charge in [-0.3, -0.25) is 4.79 Å². The second-order valence-corrected chi connectivity index (χ2v) is 6.67. The zero-order chi connectivity index (χ0) is 15.2. The predicted molar refractivity (Wildman–Crippen MR) is 89.5 cm³/mol. The molecule has 110 valence electrons. The van der Waals surface area contributed by atoms with Gasteiger partial charge in [-0.1, -0.05) is 48.0 Å². The molecule has 0 amide bonds. The minimum Gasteiger partial charge on any atom is -0.295 e. The molecule has 0 aliphatic heterocycles. The van der Waals surface area contributed by atoms with Crippen LogP contribution >= 0.6 is 11.6 Å². The maximum absolute atomic E-state index is 11.8. The summed E-state index contributed by atoms with van der Waals surface area (Å²) in [5, 5.41) is 0.766. The van der Waals surface area contributed by atoms with Gasteiger partial charge in [0.1, 0.15) is 0 Å². The lowest BCUT2D eigenvalue weighted by Crippen LogP contribution is -2.30. The van der Waals surface area contributed by atoms with Crippen LogP contribution in [0.2, 0.25) is 5.02 Å². The first-order chi connectivity index (χ1) is 10.7. The number of aryl methyl sites for hydroxylation is 2. The van der Waals surface area contributed by atoms with Crippen molar-refractivity contribution in [3.05, 3.63) is 81.9 Å². The van der Waals surface area contributed by atoms with Crippen LogP contribution in [0.4, 0.5) is 0 Å². The van der Waals surface area contributed by atoms with Crippen molar-refractivity contribution in [1.82, 2.24) is 0 Å². The number of rotatable bonds is 0. The number of hydrogen-bond acceptors (Lipinski definition) is 1. The van der Waals surface area contributed by atoms with Crippen LogP contribution in [0, 0.1) is 0 Å². The quantitative estimate of drug-likeness (QED) is 0.692. The van der Waals surface area contributed by atoms with E-state index in [0.717, 1.165) is 24.3 Å². The van der Waals surface area contributed by atoms with Crippen LogP contribution in [-0.2, 0) is 23.1 Å². The fraction of sp³-hybridized carbons (Fsp3) is 0.250. The smallest absolute Gasteiger partial charge is 0.155 e. The van der Waals surface area contributed by atoms with Crippen molar-refractivity contribution in [1.29, 1.82) is 0 Å². The van der Waals surface area contributed by atoms with Crippen LogP contribution < -0.4 is 0 Å². The summed E-state index contributed by atoms with van der Waals surface area (Å²) in [6.45, 7) is 0. The van der Waals surface area contributed by atoms with Crippen molar-refractivity contribution in [3.8, 4) is 0 Å². The normalized spacial score (nSPS) is 23.0. The second kappa shape index (κ2) is 5.10. The van der Waals surface area contributed by atoms with Crippen LogP contribution in [0.1, 0.15) is 35.1 Å². The Bertz CT molecular complexity index is 790. The average Bonchev–Trinajstić information content (AvgIpc) is 2.67. The topological polar surface area (TPSA) is 17.1 Å². The molecule has 1 unspecified atom stereocenters. The number of halogens is 1. The fourth-order valence-corrected chi connectivity index (χ4v) is 4.11. The maximum Gasteiger partial charge on any atom is 0.155 e. The molecule has 1 atom stereocenters. The Balaban J connectivity index is 2.04. The SMILES string of the molecule is O=C1C=CC2(CC1)c1ccccc1CCc1ccc(Cl)cc12. The highest BCUT2D eigenvalue weighted by atomic mass is 35.5. The van der Waals surface area contributed by atoms with E-state index >= 15 is 0 Å². The highest BCUT2D eigenvalue weighted by Crippen LogP contribution is 2.46. The van der Waals surface area contributed by atoms with E-state index in [0.29, 0.717) is 6.42 Å². The van der Waals surface area contributed by atoms with Crippen molar-refractivity contribution in [2.75, 3.05) is 0 Å². The average molecular weight is 309 g/mol. The van der Waals surface area contributed by atoms with Gasteiger partial charge in [-0.25, -0.2) is 0 Å². The number of carbonyl (C=O) groups excluding carboxylic acids is 1. The van der Waals surface area contributed by atoms with Crippen LogP contribution in [0.25, 0.3) is 0 Å². The molecule has 2 aliphatic rings. The minimum absolute atomic E-state index is 0.207. The molecule has 0 fully saturated rings. The Morgan fingerprint density at radius 1 is 0.909 bits per heavy atom. The summed E-state index contributed by atoms with van der Waals surface area (Å²) in [4.78, 5) is 11.8. The number of ketones is 1. The second-order valence-electron chi connectivity index (χ2n) is 6.23. The first kappa shape index (κ1) is 13.8. The number of hydrogen-bond donors (Lipinski definition) is 0. The molecular weight excluding hydrogens is 292 g/mol. The van der Waals surface area contributed by atoms with Gasteiger partial charge in [0.05, 0.1) is 0 Å². The third-order valence-corrected chi connectivity index (χ3v) is 5.27. The molecular formula is C20H17ClO. The zero-order valence-electron chi connectivity index (χ0n) is 12.3. The maximum atomic E-state index is 11.8. The number of fused-ring (bicyclic) bond motifs is 4. The molecule has 22 heavy (non-hydrogen) atoms. The van der Waals surface area contributed by atoms with Crippen molar-refractivity contribution >= 4 is 17.4 Å². The Labute approximate surface area is 135 Å². The van der Waals surface area contributed by atoms with Crippen LogP contribution in [-0.4, -0.2) is 5.78 Å². The Morgan fingerprint density at radius 3 is 2.45 bits per heavy atom. The third-order valence-electron chi connectivity index (χ3n) is 5.03. The molecule has 1 nitrogen and oxygen atoms in total. The molecule has 2 aromatic rings. The van der Waals surface area contributed by atoms with E-state index in [9.17, 15) is 4.79 Å². The van der Waals surface area contributed by atoms with E-state index in [-0.39, 0.29) is 11.2 Å². The van der Waals surface area contributed by atoms with E-state index in [1.807, 2.05) is 6.07 Å². The van der Waals surface area contributed by atoms with Crippen LogP contribution in [0.5, 0.6) is 0 Å². The molecule has 1 spiro atoms. The lowest BCUT2D eigenvalue weighted by molar-refractivity contribution is -0.115. The van der Waals surface area contributed by atoms with Crippen LogP contribution in [0.3, 0.4) is 0 Å². The van der Waals surface area contributed by atoms with Gasteiger partial charge < -0.3 is 0 Å². The van der Waals surface area contributed by atoms with Gasteiger partial charge in [0, 0.05) is 16.9 Å². The highest BCUT2D eigenvalue weighted by molar-refractivity contribution is 6.30. The largest absolute Gasteiger partial charge is 0.295 e. The summed E-state index contributed by atoms with van der Waals surface area (Å²) in [5.41, 5.74) is 5.13. The predicted octanol–water partition coefficient (Wildman–Crippen LogP) is 4.64. The summed E-state index contributed by atoms with van der Waals surface area (Å²) < 4.78 is 0. The van der Waals surface area contributed by atoms with Crippen molar-refractivity contribution in [3.63, 3.8) is 0 Å². The van der Waals surface area contributed by atoms with Gasteiger partial charge in [-0.05, 0) is 59.7 Å². The monoisotopic (exact) mass is 308 g/mol. The van der Waals surface area contributed by atoms with Gasteiger partial charge >= 0.3 is 0 Å². The molecule has 4 rings (SSSR count). The van der Waals surface area contributed by atoms with E-state index in [1.165, 1.54) is 22.3 Å². The third kappa shape index (κ3) is 2.04. The number of allylic oxidation sites excluding steroid dienone is 2. The summed E-state index contributed by atoms with van der Waals surface area (Å²) in [7, 11) is 0. The molecule has 0 bridgehead atoms. The van der Waals surface area contributed by atoms with E-state index < -0.39 is 0 Å². The zero-order valence-corrected chi connectivity index (χ0v) is 13.1. The highest BCUT2D eigenvalue weighted by Gasteiger charge is 2.39. The van der Waals surface area contributed by atoms with E-state index in [1.54, 1.807) is 6.08 Å². The lowest BCUT2D eigenvalue weighted by atomic mass is 9.67. The molecule has 2 aliphatic carbocycles. The van der Waals surface area contributed by atoms with Gasteiger partial charge in [0.2, 0.25) is 0 Å². The summed E-state index contributed by atoms with van der Waals surface area (Å²) in [6.07, 6.45) is 7.35. The van der Waals surface area contributed by atoms with Gasteiger partial charge in [-0.15, -0.1) is 0 Å². The minimum atomic E-state index is -0.207. The molecule has 0 heterocycles. The Kier molecular flexibility index (Phi) is 3.19. The van der Waals surface area contributed by atoms with E-state index in [2.05, 4.69) is 42.5 Å². The first-order valence-corrected chi connectivity index (χ1v) is 8.16. The van der Waals surface area contributed by atoms with Crippen molar-refractivity contribution < 1.29 is 4.79 Å². The summed E-state index contributed by atoms with van der Waals surface area (Å²) in [5.74, 6) is 0.218. The summed E-state index contributed by atoms with van der Waals surface area (Å²) >= 11 is 6.30. The van der Waals surface area contributed by atoms with Crippen LogP contribution in [0.15, 0.2) is 54.6 Å². The molecule has 0 N–H and O–H groups in total. The van der Waals surface area contributed by atoms with Crippen molar-refractivity contribution in [2.45, 2.75) is 31.1 Å². The fourth-order valence-electron chi connectivity index (χ4n) is 3.94. The summed E-state index contributed by atoms with van der Waals surface area (Å²) in [6, 6.07) is 14.9. The first-order valence-electron chi connectivity index (χ1n) is 7.78. The van der Waals surface area contributed by atoms with Crippen molar-refractivity contribution in [2.24, 2.45) is 0 Å². The number of benzene rings is 2. The number of carbonyl (C=O) groups is 1. The standard InChI is InChI=1S/C20H17ClO/c21-16-8-7-15-6-5-14-3-1-2-4-18(14)20(19(15)13-16)11-9-17(22)10-12-20/h1-4,7-9,11,13H,5-6,10,12H2. The molecule has 0 saturated carbocycles. The van der Waals surface area contributed by atoms with Gasteiger partial charge in [0.15, 0.2) is 5.78 Å².